The Kier molecular flexibility index (Phi) is 7.65. The zero-order chi connectivity index (χ0) is 23.1. The van der Waals surface area contributed by atoms with Crippen LogP contribution in [0.5, 0.6) is 11.5 Å². The Bertz CT molecular complexity index is 1000. The van der Waals surface area contributed by atoms with Crippen LogP contribution in [0.3, 0.4) is 0 Å². The lowest BCUT2D eigenvalue weighted by molar-refractivity contribution is -0.000152. The van der Waals surface area contributed by atoms with Crippen molar-refractivity contribution in [3.63, 3.8) is 0 Å². The number of hydrogen-bond donors (Lipinski definition) is 1. The van der Waals surface area contributed by atoms with Crippen LogP contribution in [0.1, 0.15) is 29.5 Å². The Labute approximate surface area is 196 Å². The van der Waals surface area contributed by atoms with Gasteiger partial charge in [-0.3, -0.25) is 4.90 Å². The third kappa shape index (κ3) is 5.06. The van der Waals surface area contributed by atoms with Gasteiger partial charge in [0, 0.05) is 31.1 Å². The van der Waals surface area contributed by atoms with Crippen molar-refractivity contribution >= 4 is 0 Å². The highest BCUT2D eigenvalue weighted by Crippen LogP contribution is 2.46. The average molecular weight is 448 g/mol. The van der Waals surface area contributed by atoms with E-state index >= 15 is 0 Å². The summed E-state index contributed by atoms with van der Waals surface area (Å²) in [6, 6.07) is 25.8. The first-order valence-electron chi connectivity index (χ1n) is 11.6. The molecule has 0 saturated carbocycles. The van der Waals surface area contributed by atoms with E-state index in [-0.39, 0.29) is 5.92 Å². The van der Waals surface area contributed by atoms with Crippen LogP contribution in [0.4, 0.5) is 0 Å². The van der Waals surface area contributed by atoms with Crippen molar-refractivity contribution in [3.8, 4) is 11.5 Å². The first kappa shape index (κ1) is 23.3. The highest BCUT2D eigenvalue weighted by molar-refractivity contribution is 5.49. The van der Waals surface area contributed by atoms with Crippen molar-refractivity contribution in [1.29, 1.82) is 0 Å². The molecule has 3 aromatic carbocycles. The maximum Gasteiger partial charge on any atom is 0.126 e. The molecule has 2 unspecified atom stereocenters. The van der Waals surface area contributed by atoms with E-state index in [1.165, 1.54) is 0 Å². The predicted octanol–water partition coefficient (Wildman–Crippen LogP) is 4.45. The molecule has 1 heterocycles. The fourth-order valence-electron chi connectivity index (χ4n) is 4.68. The minimum Gasteiger partial charge on any atom is -0.496 e. The van der Waals surface area contributed by atoms with Gasteiger partial charge < -0.3 is 19.3 Å². The molecular weight excluding hydrogens is 414 g/mol. The van der Waals surface area contributed by atoms with Crippen LogP contribution in [0.15, 0.2) is 78.9 Å². The van der Waals surface area contributed by atoms with Gasteiger partial charge in [-0.15, -0.1) is 0 Å². The molecule has 5 nitrogen and oxygen atoms in total. The van der Waals surface area contributed by atoms with Gasteiger partial charge in [0.15, 0.2) is 0 Å². The van der Waals surface area contributed by atoms with E-state index in [4.69, 9.17) is 14.2 Å². The summed E-state index contributed by atoms with van der Waals surface area (Å²) in [5, 5.41) is 12.8. The van der Waals surface area contributed by atoms with E-state index in [2.05, 4.69) is 17.0 Å². The number of rotatable bonds is 9. The van der Waals surface area contributed by atoms with Crippen molar-refractivity contribution in [2.45, 2.75) is 18.4 Å². The number of methoxy groups -OCH3 is 1. The van der Waals surface area contributed by atoms with Gasteiger partial charge in [-0.25, -0.2) is 0 Å². The molecule has 33 heavy (non-hydrogen) atoms. The summed E-state index contributed by atoms with van der Waals surface area (Å²) in [4.78, 5) is 2.37. The second-order valence-corrected chi connectivity index (χ2v) is 8.30. The highest BCUT2D eigenvalue weighted by atomic mass is 16.5. The van der Waals surface area contributed by atoms with Crippen LogP contribution in [-0.2, 0) is 10.3 Å². The van der Waals surface area contributed by atoms with Crippen molar-refractivity contribution in [1.82, 2.24) is 4.90 Å². The molecule has 4 rings (SSSR count). The zero-order valence-corrected chi connectivity index (χ0v) is 19.4. The molecule has 1 aliphatic rings. The summed E-state index contributed by atoms with van der Waals surface area (Å²) >= 11 is 0. The highest BCUT2D eigenvalue weighted by Gasteiger charge is 2.44. The number of morpholine rings is 1. The molecule has 0 bridgehead atoms. The summed E-state index contributed by atoms with van der Waals surface area (Å²) < 4.78 is 17.0. The van der Waals surface area contributed by atoms with Crippen LogP contribution in [0.25, 0.3) is 0 Å². The third-order valence-corrected chi connectivity index (χ3v) is 6.37. The fourth-order valence-corrected chi connectivity index (χ4v) is 4.68. The van der Waals surface area contributed by atoms with E-state index in [0.29, 0.717) is 32.1 Å². The molecule has 0 amide bonds. The molecule has 0 aliphatic carbocycles. The number of benzene rings is 3. The van der Waals surface area contributed by atoms with Gasteiger partial charge in [0.1, 0.15) is 17.1 Å². The minimum atomic E-state index is -1.32. The number of aliphatic hydroxyl groups is 1. The summed E-state index contributed by atoms with van der Waals surface area (Å²) in [5.41, 5.74) is 1.31. The first-order valence-corrected chi connectivity index (χ1v) is 11.6. The molecule has 0 spiro atoms. The molecule has 5 heteroatoms. The molecular formula is C28H33NO4. The fraction of sp³-hybridized carbons (Fsp3) is 0.357. The number of ether oxygens (including phenoxy) is 3. The van der Waals surface area contributed by atoms with Crippen molar-refractivity contribution in [2.75, 3.05) is 46.6 Å². The predicted molar refractivity (Wildman–Crippen MR) is 130 cm³/mol. The van der Waals surface area contributed by atoms with Crippen LogP contribution in [0, 0.1) is 0 Å². The largest absolute Gasteiger partial charge is 0.496 e. The van der Waals surface area contributed by atoms with Crippen LogP contribution in [-0.4, -0.2) is 56.6 Å². The Morgan fingerprint density at radius 2 is 1.61 bits per heavy atom. The SMILES string of the molecule is CCOc1ccc(C(O)(c2ccccc2OC)C(CN2CCOCC2)c2ccccc2)cc1. The summed E-state index contributed by atoms with van der Waals surface area (Å²) in [6.07, 6.45) is 0. The van der Waals surface area contributed by atoms with Crippen molar-refractivity contribution in [3.05, 3.63) is 95.6 Å². The Morgan fingerprint density at radius 1 is 0.939 bits per heavy atom. The standard InChI is InChI=1S/C28H33NO4/c1-3-33-24-15-13-23(14-16-24)28(30,25-11-7-8-12-27(25)31-2)26(22-9-5-4-6-10-22)21-29-17-19-32-20-18-29/h4-16,26,30H,3,17-21H2,1-2H3. The number of nitrogens with zero attached hydrogens (tertiary/aromatic N) is 1. The van der Waals surface area contributed by atoms with Gasteiger partial charge in [-0.1, -0.05) is 60.7 Å². The summed E-state index contributed by atoms with van der Waals surface area (Å²) in [6.45, 7) is 6.35. The second kappa shape index (κ2) is 10.8. The second-order valence-electron chi connectivity index (χ2n) is 8.30. The molecule has 3 aromatic rings. The summed E-state index contributed by atoms with van der Waals surface area (Å²) in [7, 11) is 1.65. The molecule has 1 fully saturated rings. The lowest BCUT2D eigenvalue weighted by Gasteiger charge is -2.41. The smallest absolute Gasteiger partial charge is 0.126 e. The van der Waals surface area contributed by atoms with Gasteiger partial charge in [-0.05, 0) is 36.2 Å². The van der Waals surface area contributed by atoms with Crippen molar-refractivity contribution in [2.24, 2.45) is 0 Å². The molecule has 2 atom stereocenters. The Hall–Kier alpha value is -2.86. The van der Waals surface area contributed by atoms with Gasteiger partial charge >= 0.3 is 0 Å². The van der Waals surface area contributed by atoms with E-state index < -0.39 is 5.60 Å². The third-order valence-electron chi connectivity index (χ3n) is 6.37. The molecule has 0 radical (unpaired) electrons. The van der Waals surface area contributed by atoms with Gasteiger partial charge in [0.25, 0.3) is 0 Å². The molecule has 174 valence electrons. The van der Waals surface area contributed by atoms with E-state index in [0.717, 1.165) is 35.5 Å². The van der Waals surface area contributed by atoms with E-state index in [9.17, 15) is 5.11 Å². The van der Waals surface area contributed by atoms with Crippen LogP contribution in [0.2, 0.25) is 0 Å². The van der Waals surface area contributed by atoms with Gasteiger partial charge in [0.05, 0.1) is 26.9 Å². The monoisotopic (exact) mass is 447 g/mol. The Balaban J connectivity index is 1.87. The first-order chi connectivity index (χ1) is 16.2. The average Bonchev–Trinajstić information content (AvgIpc) is 2.88. The molecule has 1 aliphatic heterocycles. The quantitative estimate of drug-likeness (QED) is 0.525. The number of para-hydroxylation sites is 1. The van der Waals surface area contributed by atoms with Crippen molar-refractivity contribution < 1.29 is 19.3 Å². The van der Waals surface area contributed by atoms with Crippen LogP contribution >= 0.6 is 0 Å². The van der Waals surface area contributed by atoms with Crippen LogP contribution < -0.4 is 9.47 Å². The normalized spacial score (nSPS) is 17.2. The van der Waals surface area contributed by atoms with E-state index in [1.807, 2.05) is 73.7 Å². The van der Waals surface area contributed by atoms with Gasteiger partial charge in [-0.2, -0.15) is 0 Å². The minimum absolute atomic E-state index is 0.231. The molecule has 1 N–H and O–H groups in total. The Morgan fingerprint density at radius 3 is 2.27 bits per heavy atom. The zero-order valence-electron chi connectivity index (χ0n) is 19.4. The lowest BCUT2D eigenvalue weighted by Crippen LogP contribution is -2.45. The lowest BCUT2D eigenvalue weighted by atomic mass is 9.72. The summed E-state index contributed by atoms with van der Waals surface area (Å²) in [5.74, 6) is 1.22. The number of hydrogen-bond acceptors (Lipinski definition) is 5. The van der Waals surface area contributed by atoms with E-state index in [1.54, 1.807) is 7.11 Å². The molecule has 1 saturated heterocycles. The maximum atomic E-state index is 12.8. The van der Waals surface area contributed by atoms with Gasteiger partial charge in [0.2, 0.25) is 0 Å². The maximum absolute atomic E-state index is 12.8. The topological polar surface area (TPSA) is 51.2 Å². The molecule has 0 aromatic heterocycles.